The lowest BCUT2D eigenvalue weighted by Crippen LogP contribution is -2.25. The Hall–Kier alpha value is -2.01. The number of hydrogen-bond acceptors (Lipinski definition) is 4. The number of nitrogens with one attached hydrogen (secondary N) is 1. The summed E-state index contributed by atoms with van der Waals surface area (Å²) >= 11 is 0. The van der Waals surface area contributed by atoms with E-state index in [0.29, 0.717) is 18.2 Å². The lowest BCUT2D eigenvalue weighted by Gasteiger charge is -2.14. The molecule has 0 aliphatic heterocycles. The number of nitrogens with zero attached hydrogens (tertiary/aromatic N) is 1. The van der Waals surface area contributed by atoms with Gasteiger partial charge in [-0.3, -0.25) is 0 Å². The number of ether oxygens (including phenoxy) is 1. The Kier molecular flexibility index (Phi) is 5.89. The molecular formula is C14H21N3O2. The summed E-state index contributed by atoms with van der Waals surface area (Å²) in [5, 5.41) is 15.1. The number of rotatable bonds is 7. The molecule has 19 heavy (non-hydrogen) atoms. The highest BCUT2D eigenvalue weighted by Gasteiger charge is 2.08. The third-order valence-electron chi connectivity index (χ3n) is 2.85. The number of benzene rings is 1. The lowest BCUT2D eigenvalue weighted by molar-refractivity contribution is 0.318. The maximum absolute atomic E-state index is 8.70. The van der Waals surface area contributed by atoms with E-state index in [-0.39, 0.29) is 5.84 Å². The fraction of sp³-hybridized carbons (Fsp3) is 0.357. The Morgan fingerprint density at radius 1 is 1.63 bits per heavy atom. The monoisotopic (exact) mass is 263 g/mol. The summed E-state index contributed by atoms with van der Waals surface area (Å²) < 4.78 is 5.30. The molecule has 0 saturated heterocycles. The lowest BCUT2D eigenvalue weighted by atomic mass is 10.1. The summed E-state index contributed by atoms with van der Waals surface area (Å²) in [7, 11) is 1.62. The van der Waals surface area contributed by atoms with Gasteiger partial charge in [-0.1, -0.05) is 11.2 Å². The smallest absolute Gasteiger partial charge is 0.170 e. The van der Waals surface area contributed by atoms with Gasteiger partial charge in [0.2, 0.25) is 0 Å². The van der Waals surface area contributed by atoms with Crippen LogP contribution in [0.2, 0.25) is 0 Å². The van der Waals surface area contributed by atoms with Crippen molar-refractivity contribution in [3.63, 3.8) is 0 Å². The Morgan fingerprint density at radius 3 is 2.95 bits per heavy atom. The van der Waals surface area contributed by atoms with Crippen LogP contribution in [0.15, 0.2) is 36.0 Å². The fourth-order valence-electron chi connectivity index (χ4n) is 1.75. The molecule has 5 heteroatoms. The third kappa shape index (κ3) is 4.30. The summed E-state index contributed by atoms with van der Waals surface area (Å²) in [5.74, 6) is 0.857. The van der Waals surface area contributed by atoms with Gasteiger partial charge in [0.1, 0.15) is 5.75 Å². The van der Waals surface area contributed by atoms with Crippen molar-refractivity contribution in [2.45, 2.75) is 25.9 Å². The average molecular weight is 263 g/mol. The Balaban J connectivity index is 2.87. The third-order valence-corrected chi connectivity index (χ3v) is 2.85. The highest BCUT2D eigenvalue weighted by atomic mass is 16.5. The second kappa shape index (κ2) is 7.43. The summed E-state index contributed by atoms with van der Waals surface area (Å²) in [4.78, 5) is 0. The topological polar surface area (TPSA) is 79.9 Å². The fourth-order valence-corrected chi connectivity index (χ4v) is 1.75. The van der Waals surface area contributed by atoms with Gasteiger partial charge in [0.25, 0.3) is 0 Å². The van der Waals surface area contributed by atoms with Gasteiger partial charge in [0.15, 0.2) is 5.84 Å². The summed E-state index contributed by atoms with van der Waals surface area (Å²) in [5.41, 5.74) is 7.21. The molecule has 0 radical (unpaired) electrons. The number of oxime groups is 1. The second-order valence-corrected chi connectivity index (χ2v) is 4.32. The van der Waals surface area contributed by atoms with E-state index >= 15 is 0 Å². The van der Waals surface area contributed by atoms with E-state index in [2.05, 4.69) is 24.0 Å². The minimum atomic E-state index is 0.0862. The summed E-state index contributed by atoms with van der Waals surface area (Å²) in [6, 6.07) is 5.74. The first kappa shape index (κ1) is 15.0. The number of nitrogens with two attached hydrogens (primary N) is 1. The first-order valence-corrected chi connectivity index (χ1v) is 6.11. The molecule has 0 aliphatic carbocycles. The van der Waals surface area contributed by atoms with Crippen LogP contribution < -0.4 is 15.8 Å². The van der Waals surface area contributed by atoms with E-state index < -0.39 is 0 Å². The van der Waals surface area contributed by atoms with Crippen molar-refractivity contribution in [3.8, 4) is 5.75 Å². The first-order valence-electron chi connectivity index (χ1n) is 6.11. The van der Waals surface area contributed by atoms with E-state index in [1.807, 2.05) is 18.2 Å². The minimum absolute atomic E-state index is 0.0862. The molecule has 0 amide bonds. The SMILES string of the molecule is C=CCC(C)NCc1cc(/C(N)=N/O)ccc1OC. The van der Waals surface area contributed by atoms with Gasteiger partial charge in [0, 0.05) is 23.7 Å². The molecule has 1 aromatic rings. The molecule has 0 spiro atoms. The van der Waals surface area contributed by atoms with Crippen molar-refractivity contribution in [2.75, 3.05) is 7.11 Å². The molecule has 0 fully saturated rings. The van der Waals surface area contributed by atoms with Gasteiger partial charge in [-0.25, -0.2) is 0 Å². The van der Waals surface area contributed by atoms with Gasteiger partial charge in [-0.2, -0.15) is 0 Å². The summed E-state index contributed by atoms with van der Waals surface area (Å²) in [6.07, 6.45) is 2.77. The maximum atomic E-state index is 8.70. The second-order valence-electron chi connectivity index (χ2n) is 4.32. The van der Waals surface area contributed by atoms with Crippen LogP contribution in [0.1, 0.15) is 24.5 Å². The molecule has 1 aromatic carbocycles. The molecule has 5 nitrogen and oxygen atoms in total. The van der Waals surface area contributed by atoms with Gasteiger partial charge in [-0.05, 0) is 31.5 Å². The molecule has 0 bridgehead atoms. The van der Waals surface area contributed by atoms with Crippen molar-refractivity contribution in [2.24, 2.45) is 10.9 Å². The van der Waals surface area contributed by atoms with Crippen LogP contribution in [0, 0.1) is 0 Å². The van der Waals surface area contributed by atoms with Crippen molar-refractivity contribution in [1.29, 1.82) is 0 Å². The van der Waals surface area contributed by atoms with Crippen LogP contribution >= 0.6 is 0 Å². The van der Waals surface area contributed by atoms with E-state index in [9.17, 15) is 0 Å². The molecule has 0 heterocycles. The van der Waals surface area contributed by atoms with Gasteiger partial charge in [0.05, 0.1) is 7.11 Å². The summed E-state index contributed by atoms with van der Waals surface area (Å²) in [6.45, 7) is 6.44. The molecule has 1 unspecified atom stereocenters. The number of methoxy groups -OCH3 is 1. The highest BCUT2D eigenvalue weighted by Crippen LogP contribution is 2.20. The largest absolute Gasteiger partial charge is 0.496 e. The standard InChI is InChI=1S/C14H21N3O2/c1-4-5-10(2)16-9-12-8-11(14(15)17-18)6-7-13(12)19-3/h4,6-8,10,16,18H,1,5,9H2,2-3H3,(H2,15,17). The van der Waals surface area contributed by atoms with Crippen LogP contribution in [-0.2, 0) is 6.54 Å². The zero-order chi connectivity index (χ0) is 14.3. The molecule has 4 N–H and O–H groups in total. The zero-order valence-electron chi connectivity index (χ0n) is 11.4. The molecule has 1 rings (SSSR count). The van der Waals surface area contributed by atoms with Gasteiger partial charge in [-0.15, -0.1) is 6.58 Å². The van der Waals surface area contributed by atoms with Gasteiger partial charge >= 0.3 is 0 Å². The molecular weight excluding hydrogens is 242 g/mol. The molecule has 104 valence electrons. The van der Waals surface area contributed by atoms with Crippen LogP contribution in [-0.4, -0.2) is 24.2 Å². The van der Waals surface area contributed by atoms with Crippen LogP contribution in [0.25, 0.3) is 0 Å². The quantitative estimate of drug-likeness (QED) is 0.230. The normalized spacial score (nSPS) is 13.1. The zero-order valence-corrected chi connectivity index (χ0v) is 11.4. The highest BCUT2D eigenvalue weighted by molar-refractivity contribution is 5.97. The molecule has 0 aliphatic rings. The van der Waals surface area contributed by atoms with Crippen molar-refractivity contribution in [1.82, 2.24) is 5.32 Å². The minimum Gasteiger partial charge on any atom is -0.496 e. The van der Waals surface area contributed by atoms with Crippen molar-refractivity contribution < 1.29 is 9.94 Å². The Bertz CT molecular complexity index is 458. The Morgan fingerprint density at radius 2 is 2.37 bits per heavy atom. The van der Waals surface area contributed by atoms with Crippen LogP contribution in [0.4, 0.5) is 0 Å². The Labute approximate surface area is 113 Å². The number of hydrogen-bond donors (Lipinski definition) is 3. The van der Waals surface area contributed by atoms with Crippen molar-refractivity contribution >= 4 is 5.84 Å². The molecule has 1 atom stereocenters. The van der Waals surface area contributed by atoms with E-state index in [1.165, 1.54) is 0 Å². The number of amidine groups is 1. The first-order chi connectivity index (χ1) is 9.12. The molecule has 0 aromatic heterocycles. The van der Waals surface area contributed by atoms with E-state index in [4.69, 9.17) is 15.7 Å². The average Bonchev–Trinajstić information content (AvgIpc) is 2.44. The molecule has 0 saturated carbocycles. The van der Waals surface area contributed by atoms with E-state index in [0.717, 1.165) is 17.7 Å². The predicted octanol–water partition coefficient (Wildman–Crippen LogP) is 1.84. The maximum Gasteiger partial charge on any atom is 0.170 e. The van der Waals surface area contributed by atoms with Crippen LogP contribution in [0.3, 0.4) is 0 Å². The van der Waals surface area contributed by atoms with Crippen molar-refractivity contribution in [3.05, 3.63) is 42.0 Å². The van der Waals surface area contributed by atoms with E-state index in [1.54, 1.807) is 13.2 Å². The van der Waals surface area contributed by atoms with Crippen LogP contribution in [0.5, 0.6) is 5.75 Å². The predicted molar refractivity (Wildman–Crippen MR) is 76.6 cm³/mol. The van der Waals surface area contributed by atoms with Gasteiger partial charge < -0.3 is 21.0 Å².